The Balaban J connectivity index is 1.30. The molecule has 1 aromatic heterocycles. The minimum atomic E-state index is -0.0711. The van der Waals surface area contributed by atoms with Crippen molar-refractivity contribution < 1.29 is 18.8 Å². The number of rotatable bonds is 7. The lowest BCUT2D eigenvalue weighted by Crippen LogP contribution is -2.38. The first-order chi connectivity index (χ1) is 15.5. The highest BCUT2D eigenvalue weighted by atomic mass is 16.5. The number of ether oxygens (including phenoxy) is 2. The standard InChI is InChI=1S/C24H28N4O4/c1-16-4-6-17(7-5-16)23-26-24(32-27-23)18-8-10-28(11-9-18)15-22(29)25-19-12-20(30-2)14-21(13-19)31-3/h4-7,12-14,18H,8-11,15H2,1-3H3,(H,25,29). The van der Waals surface area contributed by atoms with Gasteiger partial charge in [-0.05, 0) is 32.9 Å². The van der Waals surface area contributed by atoms with E-state index in [0.717, 1.165) is 31.5 Å². The van der Waals surface area contributed by atoms with E-state index in [9.17, 15) is 4.79 Å². The fraction of sp³-hybridized carbons (Fsp3) is 0.375. The summed E-state index contributed by atoms with van der Waals surface area (Å²) in [6, 6.07) is 13.4. The number of aromatic nitrogens is 2. The lowest BCUT2D eigenvalue weighted by Gasteiger charge is -2.29. The topological polar surface area (TPSA) is 89.7 Å². The molecule has 168 valence electrons. The van der Waals surface area contributed by atoms with Gasteiger partial charge < -0.3 is 19.3 Å². The smallest absolute Gasteiger partial charge is 0.238 e. The number of methoxy groups -OCH3 is 2. The Morgan fingerprint density at radius 2 is 1.75 bits per heavy atom. The zero-order valence-corrected chi connectivity index (χ0v) is 18.6. The summed E-state index contributed by atoms with van der Waals surface area (Å²) in [6.07, 6.45) is 1.74. The molecule has 8 heteroatoms. The third kappa shape index (κ3) is 5.26. The molecule has 2 aromatic carbocycles. The first-order valence-electron chi connectivity index (χ1n) is 10.7. The quantitative estimate of drug-likeness (QED) is 0.601. The van der Waals surface area contributed by atoms with Crippen molar-refractivity contribution in [3.05, 3.63) is 53.9 Å². The molecule has 0 saturated carbocycles. The Morgan fingerprint density at radius 3 is 2.38 bits per heavy atom. The molecule has 3 aromatic rings. The van der Waals surface area contributed by atoms with Gasteiger partial charge in [0.15, 0.2) is 0 Å². The van der Waals surface area contributed by atoms with E-state index in [0.29, 0.717) is 35.4 Å². The van der Waals surface area contributed by atoms with Crippen LogP contribution in [0.2, 0.25) is 0 Å². The van der Waals surface area contributed by atoms with Crippen LogP contribution in [-0.4, -0.2) is 54.8 Å². The fourth-order valence-corrected chi connectivity index (χ4v) is 3.84. The van der Waals surface area contributed by atoms with Crippen LogP contribution in [0.5, 0.6) is 11.5 Å². The van der Waals surface area contributed by atoms with Gasteiger partial charge in [-0.2, -0.15) is 4.98 Å². The van der Waals surface area contributed by atoms with Gasteiger partial charge in [0, 0.05) is 35.4 Å². The maximum Gasteiger partial charge on any atom is 0.238 e. The molecular formula is C24H28N4O4. The molecule has 1 N–H and O–H groups in total. The fourth-order valence-electron chi connectivity index (χ4n) is 3.84. The van der Waals surface area contributed by atoms with Crippen LogP contribution in [0.1, 0.15) is 30.2 Å². The first-order valence-corrected chi connectivity index (χ1v) is 10.7. The number of anilines is 1. The Hall–Kier alpha value is -3.39. The van der Waals surface area contributed by atoms with Crippen LogP contribution in [-0.2, 0) is 4.79 Å². The van der Waals surface area contributed by atoms with E-state index >= 15 is 0 Å². The average Bonchev–Trinajstić information content (AvgIpc) is 3.30. The Morgan fingerprint density at radius 1 is 1.09 bits per heavy atom. The third-order valence-corrected chi connectivity index (χ3v) is 5.69. The highest BCUT2D eigenvalue weighted by Crippen LogP contribution is 2.29. The van der Waals surface area contributed by atoms with Gasteiger partial charge in [0.1, 0.15) is 11.5 Å². The van der Waals surface area contributed by atoms with Crippen molar-refractivity contribution in [2.45, 2.75) is 25.7 Å². The van der Waals surface area contributed by atoms with Gasteiger partial charge >= 0.3 is 0 Å². The molecule has 0 unspecified atom stereocenters. The van der Waals surface area contributed by atoms with E-state index in [1.165, 1.54) is 5.56 Å². The molecule has 4 rings (SSSR count). The lowest BCUT2D eigenvalue weighted by atomic mass is 9.97. The third-order valence-electron chi connectivity index (χ3n) is 5.69. The van der Waals surface area contributed by atoms with Crippen molar-refractivity contribution in [1.82, 2.24) is 15.0 Å². The largest absolute Gasteiger partial charge is 0.497 e. The molecule has 0 bridgehead atoms. The van der Waals surface area contributed by atoms with Crippen molar-refractivity contribution in [2.24, 2.45) is 0 Å². The van der Waals surface area contributed by atoms with Crippen LogP contribution >= 0.6 is 0 Å². The number of carbonyl (C=O) groups excluding carboxylic acids is 1. The average molecular weight is 437 g/mol. The molecule has 8 nitrogen and oxygen atoms in total. The summed E-state index contributed by atoms with van der Waals surface area (Å²) in [4.78, 5) is 19.3. The summed E-state index contributed by atoms with van der Waals surface area (Å²) in [6.45, 7) is 3.96. The van der Waals surface area contributed by atoms with Crippen LogP contribution in [0.4, 0.5) is 5.69 Å². The molecule has 1 aliphatic rings. The van der Waals surface area contributed by atoms with Crippen molar-refractivity contribution >= 4 is 11.6 Å². The second-order valence-electron chi connectivity index (χ2n) is 8.02. The number of aryl methyl sites for hydroxylation is 1. The number of benzene rings is 2. The van der Waals surface area contributed by atoms with E-state index in [4.69, 9.17) is 14.0 Å². The molecule has 1 fully saturated rings. The van der Waals surface area contributed by atoms with E-state index in [2.05, 4.69) is 20.4 Å². The highest BCUT2D eigenvalue weighted by molar-refractivity contribution is 5.92. The number of likely N-dealkylation sites (tertiary alicyclic amines) is 1. The monoisotopic (exact) mass is 436 g/mol. The normalized spacial score (nSPS) is 14.8. The first kappa shape index (κ1) is 21.8. The van der Waals surface area contributed by atoms with Gasteiger partial charge in [-0.3, -0.25) is 9.69 Å². The Kier molecular flexibility index (Phi) is 6.70. The molecule has 1 aliphatic heterocycles. The summed E-state index contributed by atoms with van der Waals surface area (Å²) < 4.78 is 16.1. The SMILES string of the molecule is COc1cc(NC(=O)CN2CCC(c3nc(-c4ccc(C)cc4)no3)CC2)cc(OC)c1. The van der Waals surface area contributed by atoms with Crippen molar-refractivity contribution in [3.8, 4) is 22.9 Å². The summed E-state index contributed by atoms with van der Waals surface area (Å²) >= 11 is 0. The van der Waals surface area contributed by atoms with E-state index < -0.39 is 0 Å². The van der Waals surface area contributed by atoms with E-state index in [1.54, 1.807) is 32.4 Å². The number of nitrogens with one attached hydrogen (secondary N) is 1. The number of nitrogens with zero attached hydrogens (tertiary/aromatic N) is 3. The van der Waals surface area contributed by atoms with Crippen LogP contribution in [0.25, 0.3) is 11.4 Å². The number of carbonyl (C=O) groups is 1. The van der Waals surface area contributed by atoms with Crippen molar-refractivity contribution in [3.63, 3.8) is 0 Å². The molecule has 32 heavy (non-hydrogen) atoms. The predicted octanol–water partition coefficient (Wildman–Crippen LogP) is 3.88. The summed E-state index contributed by atoms with van der Waals surface area (Å²) in [5.41, 5.74) is 2.80. The predicted molar refractivity (Wildman–Crippen MR) is 121 cm³/mol. The van der Waals surface area contributed by atoms with Gasteiger partial charge in [-0.1, -0.05) is 35.0 Å². The molecule has 1 saturated heterocycles. The molecule has 0 aliphatic carbocycles. The molecule has 0 radical (unpaired) electrons. The van der Waals surface area contributed by atoms with Gasteiger partial charge in [0.25, 0.3) is 0 Å². The molecular weight excluding hydrogens is 408 g/mol. The van der Waals surface area contributed by atoms with Crippen LogP contribution in [0.15, 0.2) is 47.0 Å². The molecule has 1 amide bonds. The second-order valence-corrected chi connectivity index (χ2v) is 8.02. The van der Waals surface area contributed by atoms with Gasteiger partial charge in [0.2, 0.25) is 17.6 Å². The lowest BCUT2D eigenvalue weighted by molar-refractivity contribution is -0.117. The number of hydrogen-bond acceptors (Lipinski definition) is 7. The van der Waals surface area contributed by atoms with Crippen LogP contribution < -0.4 is 14.8 Å². The summed E-state index contributed by atoms with van der Waals surface area (Å²) in [5.74, 6) is 2.69. The second kappa shape index (κ2) is 9.82. The van der Waals surface area contributed by atoms with Gasteiger partial charge in [0.05, 0.1) is 20.8 Å². The maximum absolute atomic E-state index is 12.5. The summed E-state index contributed by atoms with van der Waals surface area (Å²) in [5, 5.41) is 7.07. The number of hydrogen-bond donors (Lipinski definition) is 1. The number of piperidine rings is 1. The molecule has 0 spiro atoms. The highest BCUT2D eigenvalue weighted by Gasteiger charge is 2.26. The minimum absolute atomic E-state index is 0.0711. The van der Waals surface area contributed by atoms with Crippen molar-refractivity contribution in [2.75, 3.05) is 39.2 Å². The van der Waals surface area contributed by atoms with Crippen LogP contribution in [0.3, 0.4) is 0 Å². The van der Waals surface area contributed by atoms with Crippen molar-refractivity contribution in [1.29, 1.82) is 0 Å². The van der Waals surface area contributed by atoms with Gasteiger partial charge in [-0.25, -0.2) is 0 Å². The molecule has 2 heterocycles. The van der Waals surface area contributed by atoms with E-state index in [-0.39, 0.29) is 11.8 Å². The van der Waals surface area contributed by atoms with E-state index in [1.807, 2.05) is 31.2 Å². The Labute approximate surface area is 187 Å². The molecule has 0 atom stereocenters. The van der Waals surface area contributed by atoms with Gasteiger partial charge in [-0.15, -0.1) is 0 Å². The van der Waals surface area contributed by atoms with Crippen LogP contribution in [0, 0.1) is 6.92 Å². The Bertz CT molecular complexity index is 1030. The zero-order valence-electron chi connectivity index (χ0n) is 18.6. The maximum atomic E-state index is 12.5. The number of amides is 1. The minimum Gasteiger partial charge on any atom is -0.497 e. The summed E-state index contributed by atoms with van der Waals surface area (Å²) in [7, 11) is 3.16. The zero-order chi connectivity index (χ0) is 22.5.